The van der Waals surface area contributed by atoms with Crippen LogP contribution in [0.5, 0.6) is 5.75 Å². The summed E-state index contributed by atoms with van der Waals surface area (Å²) in [5.74, 6) is 3.19. The van der Waals surface area contributed by atoms with Gasteiger partial charge in [0.25, 0.3) is 0 Å². The lowest BCUT2D eigenvalue weighted by Crippen LogP contribution is -1.96. The summed E-state index contributed by atoms with van der Waals surface area (Å²) in [6, 6.07) is 7.74. The van der Waals surface area contributed by atoms with Gasteiger partial charge in [0.15, 0.2) is 0 Å². The topological polar surface area (TPSA) is 41.8 Å². The summed E-state index contributed by atoms with van der Waals surface area (Å²) in [6.07, 6.45) is 6.69. The van der Waals surface area contributed by atoms with Crippen LogP contribution < -0.4 is 4.74 Å². The van der Waals surface area contributed by atoms with Crippen LogP contribution in [0, 0.1) is 12.3 Å². The molecule has 0 heterocycles. The molecule has 0 spiro atoms. The van der Waals surface area contributed by atoms with E-state index in [-0.39, 0.29) is 6.61 Å². The SMILES string of the molecule is C#CCOc1ccc(CC/C(C)=N/O)cc1. The Morgan fingerprint density at radius 2 is 2.12 bits per heavy atom. The van der Waals surface area contributed by atoms with Crippen molar-refractivity contribution in [2.75, 3.05) is 6.61 Å². The second-order valence-electron chi connectivity index (χ2n) is 3.47. The molecule has 1 aromatic rings. The normalized spacial score (nSPS) is 10.9. The van der Waals surface area contributed by atoms with Gasteiger partial charge in [-0.3, -0.25) is 0 Å². The second-order valence-corrected chi connectivity index (χ2v) is 3.47. The minimum atomic E-state index is 0.287. The molecular weight excluding hydrogens is 202 g/mol. The van der Waals surface area contributed by atoms with Crippen LogP contribution in [-0.2, 0) is 6.42 Å². The number of aryl methyl sites for hydroxylation is 1. The highest BCUT2D eigenvalue weighted by Gasteiger charge is 1.97. The highest BCUT2D eigenvalue weighted by Crippen LogP contribution is 2.13. The van der Waals surface area contributed by atoms with E-state index in [0.29, 0.717) is 0 Å². The van der Waals surface area contributed by atoms with Crippen LogP contribution in [0.4, 0.5) is 0 Å². The molecule has 1 aromatic carbocycles. The highest BCUT2D eigenvalue weighted by molar-refractivity contribution is 5.81. The Morgan fingerprint density at radius 1 is 1.44 bits per heavy atom. The Morgan fingerprint density at radius 3 is 2.69 bits per heavy atom. The number of benzene rings is 1. The fourth-order valence-electron chi connectivity index (χ4n) is 1.25. The van der Waals surface area contributed by atoms with E-state index in [2.05, 4.69) is 11.1 Å². The zero-order chi connectivity index (χ0) is 11.8. The molecule has 0 aromatic heterocycles. The molecule has 1 N–H and O–H groups in total. The van der Waals surface area contributed by atoms with Gasteiger partial charge >= 0.3 is 0 Å². The molecule has 0 aliphatic rings. The summed E-state index contributed by atoms with van der Waals surface area (Å²) in [5.41, 5.74) is 1.91. The molecule has 0 fully saturated rings. The molecule has 0 atom stereocenters. The highest BCUT2D eigenvalue weighted by atomic mass is 16.5. The molecule has 0 amide bonds. The van der Waals surface area contributed by atoms with E-state index in [4.69, 9.17) is 16.4 Å². The second kappa shape index (κ2) is 6.52. The van der Waals surface area contributed by atoms with Gasteiger partial charge in [0.05, 0.1) is 5.71 Å². The van der Waals surface area contributed by atoms with E-state index in [1.165, 1.54) is 5.56 Å². The molecule has 3 nitrogen and oxygen atoms in total. The third-order valence-corrected chi connectivity index (χ3v) is 2.19. The van der Waals surface area contributed by atoms with Crippen LogP contribution >= 0.6 is 0 Å². The van der Waals surface area contributed by atoms with Gasteiger partial charge in [0.2, 0.25) is 0 Å². The summed E-state index contributed by atoms with van der Waals surface area (Å²) >= 11 is 0. The first kappa shape index (κ1) is 12.1. The number of hydrogen-bond donors (Lipinski definition) is 1. The van der Waals surface area contributed by atoms with Crippen molar-refractivity contribution >= 4 is 5.71 Å². The van der Waals surface area contributed by atoms with Gasteiger partial charge in [-0.25, -0.2) is 0 Å². The van der Waals surface area contributed by atoms with Crippen LogP contribution in [0.15, 0.2) is 29.4 Å². The number of hydrogen-bond acceptors (Lipinski definition) is 3. The molecule has 0 aliphatic carbocycles. The van der Waals surface area contributed by atoms with Crippen molar-refractivity contribution in [1.82, 2.24) is 0 Å². The van der Waals surface area contributed by atoms with Crippen molar-refractivity contribution in [3.8, 4) is 18.1 Å². The Hall–Kier alpha value is -1.95. The zero-order valence-electron chi connectivity index (χ0n) is 9.31. The third-order valence-electron chi connectivity index (χ3n) is 2.19. The Kier molecular flexibility index (Phi) is 4.94. The molecule has 0 saturated carbocycles. The van der Waals surface area contributed by atoms with E-state index in [9.17, 15) is 0 Å². The van der Waals surface area contributed by atoms with Crippen LogP contribution in [-0.4, -0.2) is 17.5 Å². The van der Waals surface area contributed by atoms with Crippen molar-refractivity contribution in [3.63, 3.8) is 0 Å². The van der Waals surface area contributed by atoms with Crippen LogP contribution in [0.25, 0.3) is 0 Å². The first-order valence-electron chi connectivity index (χ1n) is 5.09. The number of rotatable bonds is 5. The number of oxime groups is 1. The van der Waals surface area contributed by atoms with E-state index < -0.39 is 0 Å². The minimum Gasteiger partial charge on any atom is -0.481 e. The summed E-state index contributed by atoms with van der Waals surface area (Å²) < 4.78 is 5.26. The minimum absolute atomic E-state index is 0.287. The van der Waals surface area contributed by atoms with E-state index >= 15 is 0 Å². The average molecular weight is 217 g/mol. The molecule has 0 unspecified atom stereocenters. The Bertz CT molecular complexity index is 387. The van der Waals surface area contributed by atoms with Crippen molar-refractivity contribution in [1.29, 1.82) is 0 Å². The summed E-state index contributed by atoms with van der Waals surface area (Å²) in [7, 11) is 0. The van der Waals surface area contributed by atoms with E-state index in [1.807, 2.05) is 24.3 Å². The Labute approximate surface area is 95.7 Å². The lowest BCUT2D eigenvalue weighted by molar-refractivity contribution is 0.317. The fourth-order valence-corrected chi connectivity index (χ4v) is 1.25. The van der Waals surface area contributed by atoms with Gasteiger partial charge in [-0.15, -0.1) is 6.42 Å². The number of terminal acetylenes is 1. The number of nitrogens with zero attached hydrogens (tertiary/aromatic N) is 1. The summed E-state index contributed by atoms with van der Waals surface area (Å²) in [4.78, 5) is 0. The molecule has 3 heteroatoms. The summed E-state index contributed by atoms with van der Waals surface area (Å²) in [6.45, 7) is 2.08. The quantitative estimate of drug-likeness (QED) is 0.356. The van der Waals surface area contributed by atoms with Gasteiger partial charge in [-0.2, -0.15) is 0 Å². The van der Waals surface area contributed by atoms with Crippen molar-refractivity contribution < 1.29 is 9.94 Å². The van der Waals surface area contributed by atoms with Crippen LogP contribution in [0.2, 0.25) is 0 Å². The molecular formula is C13H15NO2. The van der Waals surface area contributed by atoms with Crippen molar-refractivity contribution in [3.05, 3.63) is 29.8 Å². The molecule has 0 saturated heterocycles. The maximum Gasteiger partial charge on any atom is 0.148 e. The molecule has 1 rings (SSSR count). The largest absolute Gasteiger partial charge is 0.481 e. The maximum absolute atomic E-state index is 8.50. The van der Waals surface area contributed by atoms with E-state index in [0.717, 1.165) is 24.3 Å². The zero-order valence-corrected chi connectivity index (χ0v) is 9.31. The van der Waals surface area contributed by atoms with Crippen molar-refractivity contribution in [2.45, 2.75) is 19.8 Å². The Balaban J connectivity index is 2.48. The lowest BCUT2D eigenvalue weighted by Gasteiger charge is -2.04. The monoisotopic (exact) mass is 217 g/mol. The van der Waals surface area contributed by atoms with Gasteiger partial charge in [0.1, 0.15) is 12.4 Å². The fraction of sp³-hybridized carbons (Fsp3) is 0.308. The van der Waals surface area contributed by atoms with Gasteiger partial charge in [-0.05, 0) is 37.5 Å². The average Bonchev–Trinajstić information content (AvgIpc) is 2.34. The molecule has 0 aliphatic heterocycles. The summed E-state index contributed by atoms with van der Waals surface area (Å²) in [5, 5.41) is 11.6. The molecule has 0 bridgehead atoms. The van der Waals surface area contributed by atoms with Crippen LogP contribution in [0.3, 0.4) is 0 Å². The van der Waals surface area contributed by atoms with Crippen LogP contribution in [0.1, 0.15) is 18.9 Å². The van der Waals surface area contributed by atoms with Gasteiger partial charge in [-0.1, -0.05) is 23.2 Å². The molecule has 16 heavy (non-hydrogen) atoms. The smallest absolute Gasteiger partial charge is 0.148 e. The number of ether oxygens (including phenoxy) is 1. The van der Waals surface area contributed by atoms with Gasteiger partial charge in [0, 0.05) is 0 Å². The predicted octanol–water partition coefficient (Wildman–Crippen LogP) is 2.48. The van der Waals surface area contributed by atoms with Crippen molar-refractivity contribution in [2.24, 2.45) is 5.16 Å². The van der Waals surface area contributed by atoms with E-state index in [1.54, 1.807) is 6.92 Å². The van der Waals surface area contributed by atoms with Gasteiger partial charge < -0.3 is 9.94 Å². The first-order chi connectivity index (χ1) is 7.76. The standard InChI is InChI=1S/C13H15NO2/c1-3-10-16-13-8-6-12(7-9-13)5-4-11(2)14-15/h1,6-9,15H,4-5,10H2,2H3/b14-11+. The lowest BCUT2D eigenvalue weighted by atomic mass is 10.1. The third kappa shape index (κ3) is 4.05. The molecule has 84 valence electrons. The first-order valence-corrected chi connectivity index (χ1v) is 5.09. The predicted molar refractivity (Wildman–Crippen MR) is 64.0 cm³/mol. The molecule has 0 radical (unpaired) electrons. The maximum atomic E-state index is 8.50.